The lowest BCUT2D eigenvalue weighted by Gasteiger charge is -2.08. The van der Waals surface area contributed by atoms with Gasteiger partial charge in [-0.2, -0.15) is 0 Å². The second kappa shape index (κ2) is 6.29. The number of carboxylic acid groups (broad SMARTS) is 1. The molecule has 6 heteroatoms. The van der Waals surface area contributed by atoms with E-state index >= 15 is 0 Å². The summed E-state index contributed by atoms with van der Waals surface area (Å²) in [5, 5.41) is 18.5. The molecule has 0 atom stereocenters. The molecule has 3 N–H and O–H groups in total. The Balaban J connectivity index is 1.91. The zero-order valence-electron chi connectivity index (χ0n) is 12.4. The van der Waals surface area contributed by atoms with Gasteiger partial charge in [-0.3, -0.25) is 4.79 Å². The number of carbonyl (C=O) groups is 1. The number of H-pyrrole nitrogens is 1. The van der Waals surface area contributed by atoms with Crippen molar-refractivity contribution in [3.8, 4) is 28.5 Å². The Hall–Kier alpha value is -3.54. The predicted octanol–water partition coefficient (Wildman–Crippen LogP) is 3.24. The summed E-state index contributed by atoms with van der Waals surface area (Å²) in [6.45, 7) is 0. The van der Waals surface area contributed by atoms with E-state index in [1.165, 1.54) is 0 Å². The van der Waals surface area contributed by atoms with Gasteiger partial charge >= 0.3 is 5.97 Å². The van der Waals surface area contributed by atoms with E-state index in [0.717, 1.165) is 6.07 Å². The number of carboxylic acids is 1. The maximum Gasteiger partial charge on any atom is 0.356 e. The van der Waals surface area contributed by atoms with Crippen molar-refractivity contribution < 1.29 is 19.7 Å². The van der Waals surface area contributed by atoms with Gasteiger partial charge in [0, 0.05) is 6.07 Å². The van der Waals surface area contributed by atoms with Crippen LogP contribution >= 0.6 is 0 Å². The van der Waals surface area contributed by atoms with Crippen LogP contribution in [-0.2, 0) is 0 Å². The third-order valence-electron chi connectivity index (χ3n) is 3.36. The van der Waals surface area contributed by atoms with E-state index in [-0.39, 0.29) is 0 Å². The number of hydrogen-bond acceptors (Lipinski definition) is 4. The van der Waals surface area contributed by atoms with Crippen molar-refractivity contribution >= 4 is 5.97 Å². The monoisotopic (exact) mass is 323 g/mol. The fourth-order valence-corrected chi connectivity index (χ4v) is 2.19. The molecule has 0 saturated carbocycles. The number of ether oxygens (including phenoxy) is 1. The van der Waals surface area contributed by atoms with Crippen LogP contribution in [0.1, 0.15) is 10.5 Å². The van der Waals surface area contributed by atoms with Gasteiger partial charge in [0.25, 0.3) is 0 Å². The Morgan fingerprint density at radius 1 is 0.958 bits per heavy atom. The first-order valence-electron chi connectivity index (χ1n) is 7.07. The predicted molar refractivity (Wildman–Crippen MR) is 87.6 cm³/mol. The molecule has 0 saturated heterocycles. The molecule has 0 aliphatic rings. The van der Waals surface area contributed by atoms with Crippen LogP contribution in [0.2, 0.25) is 0 Å². The van der Waals surface area contributed by atoms with Crippen molar-refractivity contribution in [3.05, 3.63) is 76.6 Å². The highest BCUT2D eigenvalue weighted by atomic mass is 16.5. The van der Waals surface area contributed by atoms with Crippen LogP contribution in [0.15, 0.2) is 65.5 Å². The van der Waals surface area contributed by atoms with Crippen molar-refractivity contribution in [2.75, 3.05) is 0 Å². The molecule has 0 bridgehead atoms. The molecule has 0 unspecified atom stereocenters. The maximum absolute atomic E-state index is 11.7. The van der Waals surface area contributed by atoms with E-state index in [4.69, 9.17) is 9.84 Å². The highest BCUT2D eigenvalue weighted by Crippen LogP contribution is 2.25. The second-order valence-electron chi connectivity index (χ2n) is 5.02. The van der Waals surface area contributed by atoms with Crippen molar-refractivity contribution in [1.29, 1.82) is 0 Å². The van der Waals surface area contributed by atoms with E-state index in [9.17, 15) is 14.7 Å². The number of nitrogens with one attached hydrogen (secondary N) is 1. The fourth-order valence-electron chi connectivity index (χ4n) is 2.19. The number of aromatic hydroxyl groups is 1. The minimum Gasteiger partial charge on any atom is -0.502 e. The van der Waals surface area contributed by atoms with Gasteiger partial charge in [0.2, 0.25) is 5.43 Å². The van der Waals surface area contributed by atoms with Crippen molar-refractivity contribution in [2.24, 2.45) is 0 Å². The Kier molecular flexibility index (Phi) is 4.03. The molecule has 3 rings (SSSR count). The zero-order valence-corrected chi connectivity index (χ0v) is 12.4. The molecule has 2 aromatic carbocycles. The summed E-state index contributed by atoms with van der Waals surface area (Å²) in [6, 6.07) is 17.2. The van der Waals surface area contributed by atoms with Crippen LogP contribution < -0.4 is 10.2 Å². The molecule has 1 aromatic heterocycles. The second-order valence-corrected chi connectivity index (χ2v) is 5.02. The van der Waals surface area contributed by atoms with Crippen LogP contribution in [0, 0.1) is 0 Å². The molecule has 0 amide bonds. The number of para-hydroxylation sites is 1. The van der Waals surface area contributed by atoms with Crippen LogP contribution in [0.5, 0.6) is 17.2 Å². The van der Waals surface area contributed by atoms with E-state index in [1.54, 1.807) is 24.3 Å². The third kappa shape index (κ3) is 3.12. The van der Waals surface area contributed by atoms with Gasteiger partial charge < -0.3 is 19.9 Å². The molecular weight excluding hydrogens is 310 g/mol. The van der Waals surface area contributed by atoms with Crippen molar-refractivity contribution in [1.82, 2.24) is 4.98 Å². The summed E-state index contributed by atoms with van der Waals surface area (Å²) in [5.41, 5.74) is -0.413. The first-order chi connectivity index (χ1) is 11.5. The average molecular weight is 323 g/mol. The molecule has 0 spiro atoms. The van der Waals surface area contributed by atoms with Gasteiger partial charge in [-0.1, -0.05) is 18.2 Å². The Bertz CT molecular complexity index is 930. The number of pyridine rings is 1. The van der Waals surface area contributed by atoms with Gasteiger partial charge in [-0.25, -0.2) is 4.79 Å². The molecule has 3 aromatic rings. The van der Waals surface area contributed by atoms with Crippen molar-refractivity contribution in [2.45, 2.75) is 0 Å². The van der Waals surface area contributed by atoms with E-state index in [1.807, 2.05) is 30.3 Å². The third-order valence-corrected chi connectivity index (χ3v) is 3.36. The normalized spacial score (nSPS) is 10.3. The molecule has 6 nitrogen and oxygen atoms in total. The zero-order chi connectivity index (χ0) is 17.1. The molecule has 0 radical (unpaired) electrons. The van der Waals surface area contributed by atoms with Gasteiger partial charge in [0.1, 0.15) is 11.5 Å². The number of aromatic nitrogens is 1. The standard InChI is InChI=1S/C18H13NO5/c20-15-10-14(19-16(17(15)21)18(22)23)11-6-8-13(9-7-11)24-12-4-2-1-3-5-12/h1-10,21H,(H,19,20)(H,22,23). The summed E-state index contributed by atoms with van der Waals surface area (Å²) < 4.78 is 5.67. The summed E-state index contributed by atoms with van der Waals surface area (Å²) >= 11 is 0. The van der Waals surface area contributed by atoms with Gasteiger partial charge in [-0.05, 0) is 42.0 Å². The Morgan fingerprint density at radius 3 is 2.21 bits per heavy atom. The van der Waals surface area contributed by atoms with E-state index in [0.29, 0.717) is 22.8 Å². The Morgan fingerprint density at radius 2 is 1.58 bits per heavy atom. The van der Waals surface area contributed by atoms with Crippen molar-refractivity contribution in [3.63, 3.8) is 0 Å². The minimum absolute atomic E-state index is 0.293. The number of aromatic carboxylic acids is 1. The molecule has 0 aliphatic heterocycles. The van der Waals surface area contributed by atoms with E-state index in [2.05, 4.69) is 4.98 Å². The quantitative estimate of drug-likeness (QED) is 0.684. The Labute approximate surface area is 136 Å². The maximum atomic E-state index is 11.7. The number of benzene rings is 2. The lowest BCUT2D eigenvalue weighted by atomic mass is 10.1. The number of rotatable bonds is 4. The van der Waals surface area contributed by atoms with Gasteiger partial charge in [-0.15, -0.1) is 0 Å². The topological polar surface area (TPSA) is 99.6 Å². The first-order valence-corrected chi connectivity index (χ1v) is 7.07. The van der Waals surface area contributed by atoms with Crippen LogP contribution in [0.4, 0.5) is 0 Å². The van der Waals surface area contributed by atoms with Gasteiger partial charge in [0.05, 0.1) is 5.69 Å². The highest BCUT2D eigenvalue weighted by Gasteiger charge is 2.15. The summed E-state index contributed by atoms with van der Waals surface area (Å²) in [7, 11) is 0. The largest absolute Gasteiger partial charge is 0.502 e. The summed E-state index contributed by atoms with van der Waals surface area (Å²) in [6.07, 6.45) is 0. The van der Waals surface area contributed by atoms with E-state index < -0.39 is 22.8 Å². The lowest BCUT2D eigenvalue weighted by Crippen LogP contribution is -2.10. The van der Waals surface area contributed by atoms with Crippen LogP contribution in [0.3, 0.4) is 0 Å². The molecule has 24 heavy (non-hydrogen) atoms. The smallest absolute Gasteiger partial charge is 0.356 e. The summed E-state index contributed by atoms with van der Waals surface area (Å²) in [5.74, 6) is -0.924. The molecule has 0 aliphatic carbocycles. The molecule has 120 valence electrons. The van der Waals surface area contributed by atoms with Gasteiger partial charge in [0.15, 0.2) is 11.4 Å². The number of hydrogen-bond donors (Lipinski definition) is 3. The fraction of sp³-hybridized carbons (Fsp3) is 0. The molecule has 0 fully saturated rings. The summed E-state index contributed by atoms with van der Waals surface area (Å²) in [4.78, 5) is 25.3. The SMILES string of the molecule is O=C(O)c1[nH]c(-c2ccc(Oc3ccccc3)cc2)cc(=O)c1O. The molecular formula is C18H13NO5. The highest BCUT2D eigenvalue weighted by molar-refractivity contribution is 5.89. The van der Waals surface area contributed by atoms with Crippen LogP contribution in [-0.4, -0.2) is 21.2 Å². The minimum atomic E-state index is -1.41. The average Bonchev–Trinajstić information content (AvgIpc) is 2.58. The van der Waals surface area contributed by atoms with Crippen LogP contribution in [0.25, 0.3) is 11.3 Å². The lowest BCUT2D eigenvalue weighted by molar-refractivity contribution is 0.0687. The molecule has 1 heterocycles. The first kappa shape index (κ1) is 15.4. The number of aromatic amines is 1.